The summed E-state index contributed by atoms with van der Waals surface area (Å²) in [7, 11) is -0.817. The number of amides is 2. The minimum absolute atomic E-state index is 0.0160. The second kappa shape index (κ2) is 10.0. The molecule has 2 aromatic rings. The lowest BCUT2D eigenvalue weighted by Crippen LogP contribution is -2.50. The molecule has 1 saturated heterocycles. The fraction of sp³-hybridized carbons (Fsp3) is 0.429. The van der Waals surface area contributed by atoms with Crippen molar-refractivity contribution in [2.45, 2.75) is 18.2 Å². The fourth-order valence-corrected chi connectivity index (χ4v) is 5.33. The van der Waals surface area contributed by atoms with Gasteiger partial charge in [-0.3, -0.25) is 9.59 Å². The third-order valence-corrected chi connectivity index (χ3v) is 7.47. The van der Waals surface area contributed by atoms with E-state index in [1.165, 1.54) is 34.3 Å². The molecular formula is C21H27ClN4O6S. The van der Waals surface area contributed by atoms with Gasteiger partial charge in [0.25, 0.3) is 11.8 Å². The average molecular weight is 499 g/mol. The summed E-state index contributed by atoms with van der Waals surface area (Å²) in [4.78, 5) is 26.0. The highest BCUT2D eigenvalue weighted by molar-refractivity contribution is 7.89. The first kappa shape index (κ1) is 24.9. The predicted molar refractivity (Wildman–Crippen MR) is 122 cm³/mol. The largest absolute Gasteiger partial charge is 0.493 e. The first-order valence-corrected chi connectivity index (χ1v) is 12.2. The Kier molecular flexibility index (Phi) is 7.55. The summed E-state index contributed by atoms with van der Waals surface area (Å²) in [5.41, 5.74) is 5.70. The van der Waals surface area contributed by atoms with Crippen LogP contribution in [0.4, 0.5) is 0 Å². The molecule has 2 N–H and O–H groups in total. The smallest absolute Gasteiger partial charge is 0.265 e. The topological polar surface area (TPSA) is 124 Å². The van der Waals surface area contributed by atoms with Crippen molar-refractivity contribution in [1.29, 1.82) is 0 Å². The molecule has 0 radical (unpaired) electrons. The Morgan fingerprint density at radius 2 is 1.82 bits per heavy atom. The van der Waals surface area contributed by atoms with Gasteiger partial charge in [-0.2, -0.15) is 4.31 Å². The van der Waals surface area contributed by atoms with Gasteiger partial charge in [0.15, 0.2) is 11.5 Å². The number of primary amides is 1. The van der Waals surface area contributed by atoms with Gasteiger partial charge in [0.2, 0.25) is 10.0 Å². The molecule has 1 aromatic carbocycles. The van der Waals surface area contributed by atoms with Gasteiger partial charge in [0.1, 0.15) is 10.6 Å². The summed E-state index contributed by atoms with van der Waals surface area (Å²) < 4.78 is 39.6. The van der Waals surface area contributed by atoms with Gasteiger partial charge < -0.3 is 24.7 Å². The van der Waals surface area contributed by atoms with Crippen molar-refractivity contribution in [3.05, 3.63) is 40.7 Å². The van der Waals surface area contributed by atoms with E-state index in [0.29, 0.717) is 23.7 Å². The number of piperazine rings is 1. The normalized spacial score (nSPS) is 14.8. The van der Waals surface area contributed by atoms with Crippen LogP contribution in [0, 0.1) is 0 Å². The van der Waals surface area contributed by atoms with Crippen LogP contribution in [-0.2, 0) is 17.1 Å². The summed E-state index contributed by atoms with van der Waals surface area (Å²) in [5.74, 6) is -0.263. The Hall–Kier alpha value is -2.76. The molecule has 1 aliphatic rings. The van der Waals surface area contributed by atoms with E-state index in [9.17, 15) is 18.0 Å². The van der Waals surface area contributed by atoms with E-state index in [0.717, 1.165) is 6.42 Å². The SMILES string of the molecule is CCCOc1c(Cl)cc(C(=O)N2CCN(S(=O)(=O)c3cc(C(N)=O)n(C)c3)CC2)cc1OC. The van der Waals surface area contributed by atoms with Crippen molar-refractivity contribution >= 4 is 33.4 Å². The minimum atomic E-state index is -3.83. The molecule has 1 aromatic heterocycles. The predicted octanol–water partition coefficient (Wildman–Crippen LogP) is 1.72. The molecule has 12 heteroatoms. The number of aryl methyl sites for hydroxylation is 1. The number of aromatic nitrogens is 1. The molecule has 1 fully saturated rings. The van der Waals surface area contributed by atoms with E-state index >= 15 is 0 Å². The quantitative estimate of drug-likeness (QED) is 0.591. The van der Waals surface area contributed by atoms with Crippen molar-refractivity contribution in [2.75, 3.05) is 39.9 Å². The maximum atomic E-state index is 13.0. The maximum Gasteiger partial charge on any atom is 0.265 e. The number of halogens is 1. The van der Waals surface area contributed by atoms with Gasteiger partial charge in [-0.05, 0) is 24.6 Å². The highest BCUT2D eigenvalue weighted by atomic mass is 35.5. The Labute approximate surface area is 197 Å². The van der Waals surface area contributed by atoms with E-state index in [4.69, 9.17) is 26.8 Å². The van der Waals surface area contributed by atoms with Crippen molar-refractivity contribution in [2.24, 2.45) is 12.8 Å². The van der Waals surface area contributed by atoms with Gasteiger partial charge >= 0.3 is 0 Å². The molecule has 2 heterocycles. The fourth-order valence-electron chi connectivity index (χ4n) is 3.57. The number of hydrogen-bond acceptors (Lipinski definition) is 6. The molecule has 180 valence electrons. The number of carbonyl (C=O) groups excluding carboxylic acids is 2. The number of benzene rings is 1. The van der Waals surface area contributed by atoms with Crippen LogP contribution in [0.15, 0.2) is 29.3 Å². The molecule has 0 aliphatic carbocycles. The van der Waals surface area contributed by atoms with Crippen LogP contribution < -0.4 is 15.2 Å². The van der Waals surface area contributed by atoms with E-state index in [1.807, 2.05) is 6.92 Å². The Bertz CT molecular complexity index is 1160. The number of nitrogens with zero attached hydrogens (tertiary/aromatic N) is 3. The van der Waals surface area contributed by atoms with E-state index in [2.05, 4.69) is 0 Å². The summed E-state index contributed by atoms with van der Waals surface area (Å²) in [6.07, 6.45) is 2.14. The first-order chi connectivity index (χ1) is 15.6. The number of hydrogen-bond donors (Lipinski definition) is 1. The Balaban J connectivity index is 1.73. The zero-order valence-electron chi connectivity index (χ0n) is 18.7. The molecule has 33 heavy (non-hydrogen) atoms. The lowest BCUT2D eigenvalue weighted by Gasteiger charge is -2.34. The monoisotopic (exact) mass is 498 g/mol. The third-order valence-electron chi connectivity index (χ3n) is 5.32. The molecule has 0 atom stereocenters. The molecule has 1 aliphatic heterocycles. The number of sulfonamides is 1. The number of carbonyl (C=O) groups is 2. The molecule has 0 bridgehead atoms. The summed E-state index contributed by atoms with van der Waals surface area (Å²) >= 11 is 6.32. The summed E-state index contributed by atoms with van der Waals surface area (Å²) in [6.45, 7) is 3.03. The Morgan fingerprint density at radius 1 is 1.15 bits per heavy atom. The van der Waals surface area contributed by atoms with Crippen LogP contribution in [0.1, 0.15) is 34.2 Å². The number of nitrogens with two attached hydrogens (primary N) is 1. The van der Waals surface area contributed by atoms with Crippen LogP contribution in [-0.4, -0.2) is 73.9 Å². The van der Waals surface area contributed by atoms with Gasteiger partial charge in [-0.15, -0.1) is 0 Å². The molecule has 2 amide bonds. The highest BCUT2D eigenvalue weighted by Gasteiger charge is 2.32. The summed E-state index contributed by atoms with van der Waals surface area (Å²) in [6, 6.07) is 4.35. The molecule has 3 rings (SSSR count). The van der Waals surface area contributed by atoms with Gasteiger partial charge in [-0.1, -0.05) is 18.5 Å². The van der Waals surface area contributed by atoms with Crippen molar-refractivity contribution in [3.8, 4) is 11.5 Å². The molecule has 0 spiro atoms. The molecule has 0 saturated carbocycles. The number of rotatable bonds is 8. The van der Waals surface area contributed by atoms with Crippen molar-refractivity contribution in [3.63, 3.8) is 0 Å². The average Bonchev–Trinajstić information content (AvgIpc) is 3.20. The van der Waals surface area contributed by atoms with E-state index in [-0.39, 0.29) is 47.7 Å². The molecule has 10 nitrogen and oxygen atoms in total. The first-order valence-electron chi connectivity index (χ1n) is 10.4. The van der Waals surface area contributed by atoms with Crippen LogP contribution in [0.2, 0.25) is 5.02 Å². The van der Waals surface area contributed by atoms with Crippen LogP contribution in [0.25, 0.3) is 0 Å². The highest BCUT2D eigenvalue weighted by Crippen LogP contribution is 2.37. The van der Waals surface area contributed by atoms with Gasteiger partial charge in [-0.25, -0.2) is 8.42 Å². The summed E-state index contributed by atoms with van der Waals surface area (Å²) in [5, 5.41) is 0.265. The van der Waals surface area contributed by atoms with Gasteiger partial charge in [0.05, 0.1) is 18.7 Å². The van der Waals surface area contributed by atoms with Crippen molar-refractivity contribution in [1.82, 2.24) is 13.8 Å². The van der Waals surface area contributed by atoms with Gasteiger partial charge in [0, 0.05) is 45.0 Å². The standard InChI is InChI=1S/C21H27ClN4O6S/c1-4-9-32-19-16(22)10-14(11-18(19)31-3)21(28)25-5-7-26(8-6-25)33(29,30)15-12-17(20(23)27)24(2)13-15/h10-13H,4-9H2,1-3H3,(H2,23,27). The Morgan fingerprint density at radius 3 is 2.36 bits per heavy atom. The minimum Gasteiger partial charge on any atom is -0.493 e. The van der Waals surface area contributed by atoms with Crippen LogP contribution in [0.5, 0.6) is 11.5 Å². The molecule has 0 unspecified atom stereocenters. The second-order valence-electron chi connectivity index (χ2n) is 7.57. The molecular weight excluding hydrogens is 472 g/mol. The van der Waals surface area contributed by atoms with E-state index in [1.54, 1.807) is 18.0 Å². The maximum absolute atomic E-state index is 13.0. The van der Waals surface area contributed by atoms with E-state index < -0.39 is 15.9 Å². The zero-order valence-corrected chi connectivity index (χ0v) is 20.3. The number of methoxy groups -OCH3 is 1. The number of ether oxygens (including phenoxy) is 2. The third kappa shape index (κ3) is 5.10. The lowest BCUT2D eigenvalue weighted by molar-refractivity contribution is 0.0697. The zero-order chi connectivity index (χ0) is 24.3. The lowest BCUT2D eigenvalue weighted by atomic mass is 10.1. The van der Waals surface area contributed by atoms with Crippen molar-refractivity contribution < 1.29 is 27.5 Å². The van der Waals surface area contributed by atoms with Crippen LogP contribution in [0.3, 0.4) is 0 Å². The van der Waals surface area contributed by atoms with Crippen LogP contribution >= 0.6 is 11.6 Å². The second-order valence-corrected chi connectivity index (χ2v) is 9.92.